The standard InChI is InChI=1S/C9H4BrF6NO3/c10-1-3-5(7(18)19)4(20-9(14,15)16)2-17-6(3)8(11,12)13/h2H,1H2,(H,18,19). The van der Waals surface area contributed by atoms with Crippen LogP contribution in [0.5, 0.6) is 5.75 Å². The Morgan fingerprint density at radius 3 is 2.20 bits per heavy atom. The van der Waals surface area contributed by atoms with Gasteiger partial charge in [-0.05, 0) is 0 Å². The van der Waals surface area contributed by atoms with Crippen LogP contribution in [0.2, 0.25) is 0 Å². The van der Waals surface area contributed by atoms with Gasteiger partial charge in [0.15, 0.2) is 5.75 Å². The second-order valence-electron chi connectivity index (χ2n) is 3.31. The highest BCUT2D eigenvalue weighted by molar-refractivity contribution is 9.08. The van der Waals surface area contributed by atoms with Crippen molar-refractivity contribution in [1.82, 2.24) is 4.98 Å². The number of rotatable bonds is 3. The Hall–Kier alpha value is -1.52. The lowest BCUT2D eigenvalue weighted by molar-refractivity contribution is -0.274. The molecular formula is C9H4BrF6NO3. The van der Waals surface area contributed by atoms with E-state index in [-0.39, 0.29) is 6.20 Å². The lowest BCUT2D eigenvalue weighted by atomic mass is 10.1. The smallest absolute Gasteiger partial charge is 0.478 e. The number of aromatic nitrogens is 1. The highest BCUT2D eigenvalue weighted by Crippen LogP contribution is 2.37. The van der Waals surface area contributed by atoms with Gasteiger partial charge in [-0.25, -0.2) is 9.78 Å². The first-order chi connectivity index (χ1) is 8.97. The SMILES string of the molecule is O=C(O)c1c(OC(F)(F)F)cnc(C(F)(F)F)c1CBr. The molecule has 4 nitrogen and oxygen atoms in total. The van der Waals surface area contributed by atoms with E-state index in [1.807, 2.05) is 0 Å². The fourth-order valence-electron chi connectivity index (χ4n) is 1.34. The number of carboxylic acids is 1. The number of aromatic carboxylic acids is 1. The summed E-state index contributed by atoms with van der Waals surface area (Å²) in [6.07, 6.45) is -10.2. The Morgan fingerprint density at radius 1 is 1.30 bits per heavy atom. The molecule has 0 aliphatic rings. The fraction of sp³-hybridized carbons (Fsp3) is 0.333. The number of hydrogen-bond donors (Lipinski definition) is 1. The molecule has 0 aliphatic carbocycles. The van der Waals surface area contributed by atoms with Gasteiger partial charge < -0.3 is 9.84 Å². The van der Waals surface area contributed by atoms with E-state index in [0.717, 1.165) is 0 Å². The normalized spacial score (nSPS) is 12.3. The number of nitrogens with zero attached hydrogens (tertiary/aromatic N) is 1. The highest BCUT2D eigenvalue weighted by atomic mass is 79.9. The van der Waals surface area contributed by atoms with E-state index < -0.39 is 46.4 Å². The van der Waals surface area contributed by atoms with Crippen LogP contribution >= 0.6 is 15.9 Å². The molecular weight excluding hydrogens is 364 g/mol. The average molecular weight is 368 g/mol. The molecule has 0 aliphatic heterocycles. The van der Waals surface area contributed by atoms with E-state index in [1.165, 1.54) is 0 Å². The van der Waals surface area contributed by atoms with E-state index in [4.69, 9.17) is 5.11 Å². The first-order valence-corrected chi connectivity index (χ1v) is 5.73. The molecule has 0 atom stereocenters. The van der Waals surface area contributed by atoms with Gasteiger partial charge in [0.1, 0.15) is 11.3 Å². The third kappa shape index (κ3) is 3.74. The van der Waals surface area contributed by atoms with Crippen molar-refractivity contribution in [2.24, 2.45) is 0 Å². The highest BCUT2D eigenvalue weighted by Gasteiger charge is 2.40. The number of carbonyl (C=O) groups is 1. The predicted molar refractivity (Wildman–Crippen MR) is 55.5 cm³/mol. The molecule has 11 heteroatoms. The van der Waals surface area contributed by atoms with Gasteiger partial charge in [-0.1, -0.05) is 15.9 Å². The largest absolute Gasteiger partial charge is 0.573 e. The average Bonchev–Trinajstić information content (AvgIpc) is 2.23. The van der Waals surface area contributed by atoms with Crippen LogP contribution in [0.1, 0.15) is 21.6 Å². The first-order valence-electron chi connectivity index (χ1n) is 4.61. The number of hydrogen-bond acceptors (Lipinski definition) is 3. The third-order valence-corrected chi connectivity index (χ3v) is 2.55. The van der Waals surface area contributed by atoms with Crippen molar-refractivity contribution >= 4 is 21.9 Å². The number of halogens is 7. The topological polar surface area (TPSA) is 59.4 Å². The van der Waals surface area contributed by atoms with Gasteiger partial charge in [0.05, 0.1) is 6.20 Å². The molecule has 112 valence electrons. The summed E-state index contributed by atoms with van der Waals surface area (Å²) in [4.78, 5) is 13.7. The van der Waals surface area contributed by atoms with E-state index in [1.54, 1.807) is 0 Å². The Morgan fingerprint density at radius 2 is 1.85 bits per heavy atom. The molecule has 0 amide bonds. The summed E-state index contributed by atoms with van der Waals surface area (Å²) in [6, 6.07) is 0. The van der Waals surface area contributed by atoms with Gasteiger partial charge in [-0.3, -0.25) is 0 Å². The zero-order valence-electron chi connectivity index (χ0n) is 9.14. The molecule has 0 saturated carbocycles. The van der Waals surface area contributed by atoms with Crippen molar-refractivity contribution in [1.29, 1.82) is 0 Å². The van der Waals surface area contributed by atoms with Crippen LogP contribution < -0.4 is 4.74 Å². The summed E-state index contributed by atoms with van der Waals surface area (Å²) in [5, 5.41) is 8.14. The van der Waals surface area contributed by atoms with Crippen LogP contribution in [0, 0.1) is 0 Å². The van der Waals surface area contributed by atoms with Crippen LogP contribution in [0.15, 0.2) is 6.20 Å². The van der Waals surface area contributed by atoms with Crippen LogP contribution in [0.4, 0.5) is 26.3 Å². The van der Waals surface area contributed by atoms with E-state index in [9.17, 15) is 31.1 Å². The maximum atomic E-state index is 12.6. The van der Waals surface area contributed by atoms with Crippen molar-refractivity contribution < 1.29 is 41.0 Å². The van der Waals surface area contributed by atoms with Crippen molar-refractivity contribution in [3.63, 3.8) is 0 Å². The molecule has 0 bridgehead atoms. The Balaban J connectivity index is 3.55. The first kappa shape index (κ1) is 16.5. The number of pyridine rings is 1. The summed E-state index contributed by atoms with van der Waals surface area (Å²) >= 11 is 2.59. The summed E-state index contributed by atoms with van der Waals surface area (Å²) in [7, 11) is 0. The van der Waals surface area contributed by atoms with Gasteiger partial charge in [0.2, 0.25) is 0 Å². The Labute approximate surface area is 115 Å². The molecule has 1 aromatic heterocycles. The van der Waals surface area contributed by atoms with Crippen molar-refractivity contribution in [3.05, 3.63) is 23.0 Å². The zero-order valence-corrected chi connectivity index (χ0v) is 10.7. The molecule has 0 radical (unpaired) electrons. The van der Waals surface area contributed by atoms with Gasteiger partial charge >= 0.3 is 18.5 Å². The maximum absolute atomic E-state index is 12.6. The zero-order chi connectivity index (χ0) is 15.7. The minimum absolute atomic E-state index is 0.0753. The van der Waals surface area contributed by atoms with Gasteiger partial charge in [-0.15, -0.1) is 13.2 Å². The quantitative estimate of drug-likeness (QED) is 0.655. The summed E-state index contributed by atoms with van der Waals surface area (Å²) in [5.41, 5.74) is -3.80. The van der Waals surface area contributed by atoms with E-state index >= 15 is 0 Å². The van der Waals surface area contributed by atoms with E-state index in [0.29, 0.717) is 0 Å². The number of ether oxygens (including phenoxy) is 1. The predicted octanol–water partition coefficient (Wildman–Crippen LogP) is 3.59. The fourth-order valence-corrected chi connectivity index (χ4v) is 1.89. The molecule has 1 N–H and O–H groups in total. The molecule has 0 unspecified atom stereocenters. The van der Waals surface area contributed by atoms with Crippen molar-refractivity contribution in [2.45, 2.75) is 17.9 Å². The number of carboxylic acid groups (broad SMARTS) is 1. The second kappa shape index (κ2) is 5.46. The summed E-state index contributed by atoms with van der Waals surface area (Å²) in [6.45, 7) is 0. The molecule has 0 spiro atoms. The van der Waals surface area contributed by atoms with Gasteiger partial charge in [-0.2, -0.15) is 13.2 Å². The Bertz CT molecular complexity index is 528. The molecule has 1 aromatic rings. The lowest BCUT2D eigenvalue weighted by Gasteiger charge is -2.16. The molecule has 0 fully saturated rings. The van der Waals surface area contributed by atoms with E-state index in [2.05, 4.69) is 25.7 Å². The molecule has 1 heterocycles. The van der Waals surface area contributed by atoms with Crippen LogP contribution in [-0.2, 0) is 11.5 Å². The molecule has 0 saturated heterocycles. The van der Waals surface area contributed by atoms with Gasteiger partial charge in [0, 0.05) is 10.9 Å². The second-order valence-corrected chi connectivity index (χ2v) is 3.87. The lowest BCUT2D eigenvalue weighted by Crippen LogP contribution is -2.22. The summed E-state index contributed by atoms with van der Waals surface area (Å²) in [5.74, 6) is -3.31. The van der Waals surface area contributed by atoms with Crippen LogP contribution in [0.25, 0.3) is 0 Å². The maximum Gasteiger partial charge on any atom is 0.573 e. The molecule has 0 aromatic carbocycles. The minimum atomic E-state index is -5.25. The number of alkyl halides is 7. The van der Waals surface area contributed by atoms with Gasteiger partial charge in [0.25, 0.3) is 0 Å². The monoisotopic (exact) mass is 367 g/mol. The third-order valence-electron chi connectivity index (χ3n) is 1.99. The van der Waals surface area contributed by atoms with Crippen LogP contribution in [0.3, 0.4) is 0 Å². The van der Waals surface area contributed by atoms with Crippen molar-refractivity contribution in [2.75, 3.05) is 0 Å². The Kier molecular flexibility index (Phi) is 4.52. The molecule has 1 rings (SSSR count). The van der Waals surface area contributed by atoms with Crippen molar-refractivity contribution in [3.8, 4) is 5.75 Å². The molecule has 20 heavy (non-hydrogen) atoms. The minimum Gasteiger partial charge on any atom is -0.478 e. The van der Waals surface area contributed by atoms with Crippen LogP contribution in [-0.4, -0.2) is 22.4 Å². The summed E-state index contributed by atoms with van der Waals surface area (Å²) < 4.78 is 77.4.